The van der Waals surface area contributed by atoms with Crippen LogP contribution in [0.4, 0.5) is 0 Å². The van der Waals surface area contributed by atoms with E-state index in [0.29, 0.717) is 6.54 Å². The molecule has 1 unspecified atom stereocenters. The molecule has 0 fully saturated rings. The predicted octanol–water partition coefficient (Wildman–Crippen LogP) is 0.349. The third-order valence-electron chi connectivity index (χ3n) is 2.20. The van der Waals surface area contributed by atoms with Crippen molar-refractivity contribution in [2.45, 2.75) is 19.1 Å². The van der Waals surface area contributed by atoms with Crippen molar-refractivity contribution in [3.63, 3.8) is 0 Å². The van der Waals surface area contributed by atoms with Crippen LogP contribution in [0.1, 0.15) is 12.6 Å². The molecule has 88 valence electrons. The van der Waals surface area contributed by atoms with E-state index in [1.807, 2.05) is 18.2 Å². The first kappa shape index (κ1) is 12.6. The molecular weight excluding hydrogens is 208 g/mol. The summed E-state index contributed by atoms with van der Waals surface area (Å²) in [7, 11) is 1.74. The van der Waals surface area contributed by atoms with Gasteiger partial charge in [-0.3, -0.25) is 9.88 Å². The maximum absolute atomic E-state index is 10.7. The van der Waals surface area contributed by atoms with E-state index in [2.05, 4.69) is 4.98 Å². The molecule has 0 aromatic carbocycles. The van der Waals surface area contributed by atoms with Crippen molar-refractivity contribution in [1.82, 2.24) is 9.88 Å². The van der Waals surface area contributed by atoms with Gasteiger partial charge in [0.2, 0.25) is 0 Å². The van der Waals surface area contributed by atoms with Crippen LogP contribution in [0.2, 0.25) is 0 Å². The molecule has 0 saturated carbocycles. The van der Waals surface area contributed by atoms with Gasteiger partial charge in [0.1, 0.15) is 0 Å². The number of hydrogen-bond acceptors (Lipinski definition) is 4. The van der Waals surface area contributed by atoms with Crippen LogP contribution in [-0.4, -0.2) is 45.3 Å². The van der Waals surface area contributed by atoms with Gasteiger partial charge in [-0.25, -0.2) is 4.79 Å². The Morgan fingerprint density at radius 2 is 2.25 bits per heavy atom. The number of hydrogen-bond donors (Lipinski definition) is 2. The van der Waals surface area contributed by atoms with Gasteiger partial charge in [-0.05, 0) is 26.1 Å². The Morgan fingerprint density at radius 1 is 1.56 bits per heavy atom. The van der Waals surface area contributed by atoms with Crippen LogP contribution < -0.4 is 0 Å². The third-order valence-corrected chi connectivity index (χ3v) is 2.20. The van der Waals surface area contributed by atoms with Gasteiger partial charge in [-0.2, -0.15) is 0 Å². The zero-order valence-corrected chi connectivity index (χ0v) is 9.42. The van der Waals surface area contributed by atoms with Crippen molar-refractivity contribution in [1.29, 1.82) is 0 Å². The summed E-state index contributed by atoms with van der Waals surface area (Å²) in [5.41, 5.74) is -0.894. The topological polar surface area (TPSA) is 73.7 Å². The molecule has 1 rings (SSSR count). The second kappa shape index (κ2) is 5.05. The summed E-state index contributed by atoms with van der Waals surface area (Å²) in [5, 5.41) is 18.3. The number of aliphatic hydroxyl groups is 1. The summed E-state index contributed by atoms with van der Waals surface area (Å²) in [5.74, 6) is -1.22. The summed E-state index contributed by atoms with van der Waals surface area (Å²) in [6.45, 7) is 1.84. The number of nitrogens with zero attached hydrogens (tertiary/aromatic N) is 2. The lowest BCUT2D eigenvalue weighted by molar-refractivity contribution is -0.158. The molecule has 0 bridgehead atoms. The average molecular weight is 224 g/mol. The highest BCUT2D eigenvalue weighted by atomic mass is 16.4. The monoisotopic (exact) mass is 224 g/mol. The molecule has 0 spiro atoms. The Bertz CT molecular complexity index is 352. The van der Waals surface area contributed by atoms with Crippen molar-refractivity contribution in [3.05, 3.63) is 30.1 Å². The van der Waals surface area contributed by atoms with Crippen LogP contribution >= 0.6 is 0 Å². The van der Waals surface area contributed by atoms with E-state index in [1.54, 1.807) is 18.1 Å². The van der Waals surface area contributed by atoms with Gasteiger partial charge in [-0.15, -0.1) is 0 Å². The SMILES string of the molecule is CN(Cc1ccccn1)CC(C)(O)C(=O)O. The van der Waals surface area contributed by atoms with Gasteiger partial charge in [0, 0.05) is 19.3 Å². The lowest BCUT2D eigenvalue weighted by Crippen LogP contribution is -2.45. The van der Waals surface area contributed by atoms with E-state index < -0.39 is 11.6 Å². The number of carboxylic acid groups (broad SMARTS) is 1. The van der Waals surface area contributed by atoms with Gasteiger partial charge < -0.3 is 10.2 Å². The van der Waals surface area contributed by atoms with Crippen molar-refractivity contribution in [2.75, 3.05) is 13.6 Å². The molecule has 0 amide bonds. The second-order valence-corrected chi connectivity index (χ2v) is 4.07. The quantitative estimate of drug-likeness (QED) is 0.755. The molecule has 2 N–H and O–H groups in total. The van der Waals surface area contributed by atoms with Crippen LogP contribution in [0.25, 0.3) is 0 Å². The molecule has 1 heterocycles. The Hall–Kier alpha value is -1.46. The fraction of sp³-hybridized carbons (Fsp3) is 0.455. The van der Waals surface area contributed by atoms with Crippen molar-refractivity contribution >= 4 is 5.97 Å². The highest BCUT2D eigenvalue weighted by Crippen LogP contribution is 2.07. The highest BCUT2D eigenvalue weighted by Gasteiger charge is 2.31. The summed E-state index contributed by atoms with van der Waals surface area (Å²) in [6, 6.07) is 5.54. The Kier molecular flexibility index (Phi) is 3.98. The molecule has 1 aromatic rings. The fourth-order valence-corrected chi connectivity index (χ4v) is 1.42. The van der Waals surface area contributed by atoms with E-state index >= 15 is 0 Å². The third kappa shape index (κ3) is 3.60. The molecule has 0 aliphatic carbocycles. The number of aliphatic carboxylic acids is 1. The number of likely N-dealkylation sites (N-methyl/N-ethyl adjacent to an activating group) is 1. The Labute approximate surface area is 94.4 Å². The molecular formula is C11H16N2O3. The Morgan fingerprint density at radius 3 is 2.75 bits per heavy atom. The second-order valence-electron chi connectivity index (χ2n) is 4.07. The fourth-order valence-electron chi connectivity index (χ4n) is 1.42. The van der Waals surface area contributed by atoms with E-state index in [9.17, 15) is 9.90 Å². The largest absolute Gasteiger partial charge is 0.479 e. The summed E-state index contributed by atoms with van der Waals surface area (Å²) in [6.07, 6.45) is 1.68. The van der Waals surface area contributed by atoms with Crippen molar-refractivity contribution < 1.29 is 15.0 Å². The minimum atomic E-state index is -1.73. The molecule has 0 aliphatic heterocycles. The lowest BCUT2D eigenvalue weighted by Gasteiger charge is -2.24. The minimum absolute atomic E-state index is 0.0545. The van der Waals surface area contributed by atoms with Crippen LogP contribution in [0.5, 0.6) is 0 Å². The number of rotatable bonds is 5. The lowest BCUT2D eigenvalue weighted by atomic mass is 10.1. The molecule has 5 heteroatoms. The van der Waals surface area contributed by atoms with Crippen molar-refractivity contribution in [2.24, 2.45) is 0 Å². The van der Waals surface area contributed by atoms with Crippen LogP contribution in [0.15, 0.2) is 24.4 Å². The van der Waals surface area contributed by atoms with Gasteiger partial charge >= 0.3 is 5.97 Å². The molecule has 0 radical (unpaired) electrons. The standard InChI is InChI=1S/C11H16N2O3/c1-11(16,10(14)15)8-13(2)7-9-5-3-4-6-12-9/h3-6,16H,7-8H2,1-2H3,(H,14,15). The molecule has 5 nitrogen and oxygen atoms in total. The zero-order valence-electron chi connectivity index (χ0n) is 9.42. The molecule has 1 aromatic heterocycles. The summed E-state index contributed by atoms with van der Waals surface area (Å²) < 4.78 is 0. The van der Waals surface area contributed by atoms with Gasteiger partial charge in [0.05, 0.1) is 5.69 Å². The van der Waals surface area contributed by atoms with Crippen LogP contribution in [0.3, 0.4) is 0 Å². The molecule has 1 atom stereocenters. The minimum Gasteiger partial charge on any atom is -0.479 e. The number of aromatic nitrogens is 1. The van der Waals surface area contributed by atoms with E-state index in [-0.39, 0.29) is 6.54 Å². The summed E-state index contributed by atoms with van der Waals surface area (Å²) >= 11 is 0. The maximum Gasteiger partial charge on any atom is 0.336 e. The first-order chi connectivity index (χ1) is 7.42. The molecule has 0 aliphatic rings. The average Bonchev–Trinajstić information content (AvgIpc) is 2.17. The molecule has 0 saturated heterocycles. The highest BCUT2D eigenvalue weighted by molar-refractivity contribution is 5.76. The zero-order chi connectivity index (χ0) is 12.2. The van der Waals surface area contributed by atoms with Gasteiger partial charge in [0.15, 0.2) is 5.60 Å². The number of carbonyl (C=O) groups is 1. The summed E-state index contributed by atoms with van der Waals surface area (Å²) in [4.78, 5) is 16.6. The van der Waals surface area contributed by atoms with E-state index in [1.165, 1.54) is 6.92 Å². The normalized spacial score (nSPS) is 14.8. The first-order valence-corrected chi connectivity index (χ1v) is 4.96. The first-order valence-electron chi connectivity index (χ1n) is 4.96. The Balaban J connectivity index is 2.54. The number of pyridine rings is 1. The van der Waals surface area contributed by atoms with Crippen LogP contribution in [0, 0.1) is 0 Å². The van der Waals surface area contributed by atoms with Crippen LogP contribution in [-0.2, 0) is 11.3 Å². The van der Waals surface area contributed by atoms with E-state index in [4.69, 9.17) is 5.11 Å². The van der Waals surface area contributed by atoms with Gasteiger partial charge in [0.25, 0.3) is 0 Å². The van der Waals surface area contributed by atoms with Gasteiger partial charge in [-0.1, -0.05) is 6.07 Å². The maximum atomic E-state index is 10.7. The van der Waals surface area contributed by atoms with Crippen molar-refractivity contribution in [3.8, 4) is 0 Å². The van der Waals surface area contributed by atoms with E-state index in [0.717, 1.165) is 5.69 Å². The number of carboxylic acids is 1. The molecule has 16 heavy (non-hydrogen) atoms. The smallest absolute Gasteiger partial charge is 0.336 e. The predicted molar refractivity (Wildman–Crippen MR) is 58.8 cm³/mol.